The first-order chi connectivity index (χ1) is 10.9. The highest BCUT2D eigenvalue weighted by atomic mass is 16.5. The van der Waals surface area contributed by atoms with Crippen LogP contribution in [0.15, 0.2) is 79.6 Å². The second-order valence-corrected chi connectivity index (χ2v) is 4.94. The molecule has 1 heterocycles. The highest BCUT2D eigenvalue weighted by molar-refractivity contribution is 5.78. The van der Waals surface area contributed by atoms with Gasteiger partial charge in [-0.2, -0.15) is 0 Å². The van der Waals surface area contributed by atoms with Gasteiger partial charge >= 0.3 is 0 Å². The molecule has 108 valence electrons. The van der Waals surface area contributed by atoms with Crippen LogP contribution in [0.4, 0.5) is 0 Å². The molecule has 0 aliphatic heterocycles. The van der Waals surface area contributed by atoms with Gasteiger partial charge in [0.25, 0.3) is 0 Å². The van der Waals surface area contributed by atoms with E-state index in [0.717, 1.165) is 28.0 Å². The molecule has 2 aromatic carbocycles. The van der Waals surface area contributed by atoms with Crippen molar-refractivity contribution in [2.75, 3.05) is 0 Å². The van der Waals surface area contributed by atoms with E-state index in [-0.39, 0.29) is 0 Å². The molecule has 0 N–H and O–H groups in total. The molecule has 0 fully saturated rings. The van der Waals surface area contributed by atoms with Crippen LogP contribution < -0.4 is 4.74 Å². The van der Waals surface area contributed by atoms with Gasteiger partial charge in [0.1, 0.15) is 12.4 Å². The average Bonchev–Trinajstić information content (AvgIpc) is 2.61. The first-order valence-corrected chi connectivity index (χ1v) is 7.21. The summed E-state index contributed by atoms with van der Waals surface area (Å²) in [6, 6.07) is 20.2. The molecule has 0 bridgehead atoms. The normalized spacial score (nSPS) is 10.2. The minimum Gasteiger partial charge on any atom is -0.488 e. The molecule has 3 rings (SSSR count). The van der Waals surface area contributed by atoms with E-state index < -0.39 is 0 Å². The van der Waals surface area contributed by atoms with Crippen molar-refractivity contribution in [2.45, 2.75) is 6.61 Å². The van der Waals surface area contributed by atoms with Crippen LogP contribution in [0, 0.1) is 0 Å². The Kier molecular flexibility index (Phi) is 4.30. The number of aromatic nitrogens is 1. The third-order valence-corrected chi connectivity index (χ3v) is 3.49. The molecule has 0 unspecified atom stereocenters. The topological polar surface area (TPSA) is 22.1 Å². The van der Waals surface area contributed by atoms with Crippen molar-refractivity contribution in [1.82, 2.24) is 4.98 Å². The summed E-state index contributed by atoms with van der Waals surface area (Å²) in [5.41, 5.74) is 4.28. The second kappa shape index (κ2) is 6.72. The third-order valence-electron chi connectivity index (χ3n) is 3.49. The number of hydrogen-bond donors (Lipinski definition) is 0. The van der Waals surface area contributed by atoms with E-state index in [4.69, 9.17) is 4.74 Å². The lowest BCUT2D eigenvalue weighted by Gasteiger charge is -2.13. The number of para-hydroxylation sites is 1. The van der Waals surface area contributed by atoms with E-state index >= 15 is 0 Å². The van der Waals surface area contributed by atoms with Gasteiger partial charge in [0.15, 0.2) is 0 Å². The largest absolute Gasteiger partial charge is 0.488 e. The summed E-state index contributed by atoms with van der Waals surface area (Å²) in [5.74, 6) is 0.862. The molecule has 0 radical (unpaired) electrons. The van der Waals surface area contributed by atoms with Crippen molar-refractivity contribution in [3.63, 3.8) is 0 Å². The summed E-state index contributed by atoms with van der Waals surface area (Å²) in [7, 11) is 0. The number of ether oxygens (including phenoxy) is 1. The molecule has 2 heteroatoms. The first-order valence-electron chi connectivity index (χ1n) is 7.21. The predicted molar refractivity (Wildman–Crippen MR) is 90.5 cm³/mol. The van der Waals surface area contributed by atoms with Gasteiger partial charge in [-0.05, 0) is 23.3 Å². The Morgan fingerprint density at radius 1 is 0.909 bits per heavy atom. The van der Waals surface area contributed by atoms with Gasteiger partial charge in [-0.25, -0.2) is 0 Å². The lowest BCUT2D eigenvalue weighted by atomic mass is 10.0. The molecule has 1 aromatic heterocycles. The molecule has 0 aliphatic rings. The molecular formula is C20H17NO. The Morgan fingerprint density at radius 3 is 2.50 bits per heavy atom. The molecule has 0 saturated carbocycles. The van der Waals surface area contributed by atoms with E-state index in [2.05, 4.69) is 29.8 Å². The molecule has 0 aliphatic carbocycles. The van der Waals surface area contributed by atoms with Gasteiger partial charge in [0.05, 0.1) is 0 Å². The Morgan fingerprint density at radius 2 is 1.68 bits per heavy atom. The van der Waals surface area contributed by atoms with Gasteiger partial charge in [0, 0.05) is 23.5 Å². The number of hydrogen-bond acceptors (Lipinski definition) is 2. The van der Waals surface area contributed by atoms with Crippen LogP contribution in [0.2, 0.25) is 0 Å². The van der Waals surface area contributed by atoms with Crippen LogP contribution >= 0.6 is 0 Å². The highest BCUT2D eigenvalue weighted by Crippen LogP contribution is 2.32. The summed E-state index contributed by atoms with van der Waals surface area (Å²) >= 11 is 0. The minimum atomic E-state index is 0.548. The first kappa shape index (κ1) is 14.1. The molecule has 0 saturated heterocycles. The fraction of sp³-hybridized carbons (Fsp3) is 0.0500. The third kappa shape index (κ3) is 3.07. The number of benzene rings is 2. The quantitative estimate of drug-likeness (QED) is 0.661. The van der Waals surface area contributed by atoms with Gasteiger partial charge in [-0.15, -0.1) is 0 Å². The molecule has 0 atom stereocenters. The monoisotopic (exact) mass is 287 g/mol. The minimum absolute atomic E-state index is 0.548. The number of rotatable bonds is 5. The summed E-state index contributed by atoms with van der Waals surface area (Å²) < 4.78 is 6.02. The maximum atomic E-state index is 6.02. The van der Waals surface area contributed by atoms with E-state index in [1.807, 2.05) is 54.7 Å². The molecule has 3 aromatic rings. The maximum absolute atomic E-state index is 6.02. The van der Waals surface area contributed by atoms with E-state index in [1.165, 1.54) is 0 Å². The average molecular weight is 287 g/mol. The van der Waals surface area contributed by atoms with Crippen LogP contribution in [0.5, 0.6) is 5.75 Å². The van der Waals surface area contributed by atoms with Crippen molar-refractivity contribution in [3.05, 3.63) is 90.8 Å². The van der Waals surface area contributed by atoms with Crippen LogP contribution in [0.25, 0.3) is 17.2 Å². The summed E-state index contributed by atoms with van der Waals surface area (Å²) in [4.78, 5) is 4.15. The summed E-state index contributed by atoms with van der Waals surface area (Å²) in [6.45, 7) is 4.41. The fourth-order valence-corrected chi connectivity index (χ4v) is 2.36. The van der Waals surface area contributed by atoms with Crippen LogP contribution in [0.3, 0.4) is 0 Å². The predicted octanol–water partition coefficient (Wildman–Crippen LogP) is 4.97. The maximum Gasteiger partial charge on any atom is 0.127 e. The summed E-state index contributed by atoms with van der Waals surface area (Å²) in [5, 5.41) is 0. The SMILES string of the molecule is C=Cc1cnccc1-c1ccccc1OCc1ccccc1. The zero-order valence-corrected chi connectivity index (χ0v) is 12.3. The van der Waals surface area contributed by atoms with Gasteiger partial charge in [-0.3, -0.25) is 4.98 Å². The van der Waals surface area contributed by atoms with Crippen LogP contribution in [-0.4, -0.2) is 4.98 Å². The zero-order chi connectivity index (χ0) is 15.2. The zero-order valence-electron chi connectivity index (χ0n) is 12.3. The Bertz CT molecular complexity index is 765. The molecule has 0 spiro atoms. The molecule has 22 heavy (non-hydrogen) atoms. The summed E-state index contributed by atoms with van der Waals surface area (Å²) in [6.07, 6.45) is 5.42. The second-order valence-electron chi connectivity index (χ2n) is 4.94. The van der Waals surface area contributed by atoms with Crippen LogP contribution in [0.1, 0.15) is 11.1 Å². The van der Waals surface area contributed by atoms with E-state index in [1.54, 1.807) is 6.20 Å². The Hall–Kier alpha value is -2.87. The van der Waals surface area contributed by atoms with Crippen LogP contribution in [-0.2, 0) is 6.61 Å². The lowest BCUT2D eigenvalue weighted by Crippen LogP contribution is -1.97. The standard InChI is InChI=1S/C20H17NO/c1-2-17-14-21-13-12-18(17)19-10-6-7-11-20(19)22-15-16-8-4-3-5-9-16/h2-14H,1,15H2. The fourth-order valence-electron chi connectivity index (χ4n) is 2.36. The van der Waals surface area contributed by atoms with Crippen molar-refractivity contribution in [3.8, 4) is 16.9 Å². The Balaban J connectivity index is 1.91. The smallest absolute Gasteiger partial charge is 0.127 e. The van der Waals surface area contributed by atoms with Gasteiger partial charge < -0.3 is 4.74 Å². The molecule has 0 amide bonds. The Labute approximate surface area is 130 Å². The number of pyridine rings is 1. The van der Waals surface area contributed by atoms with E-state index in [0.29, 0.717) is 6.61 Å². The van der Waals surface area contributed by atoms with Gasteiger partial charge in [0.2, 0.25) is 0 Å². The van der Waals surface area contributed by atoms with Crippen molar-refractivity contribution < 1.29 is 4.74 Å². The van der Waals surface area contributed by atoms with Gasteiger partial charge in [-0.1, -0.05) is 61.2 Å². The lowest BCUT2D eigenvalue weighted by molar-refractivity contribution is 0.307. The van der Waals surface area contributed by atoms with Crippen molar-refractivity contribution >= 4 is 6.08 Å². The molecular weight excluding hydrogens is 270 g/mol. The van der Waals surface area contributed by atoms with E-state index in [9.17, 15) is 0 Å². The van der Waals surface area contributed by atoms with Crippen molar-refractivity contribution in [2.24, 2.45) is 0 Å². The number of nitrogens with zero attached hydrogens (tertiary/aromatic N) is 1. The highest BCUT2D eigenvalue weighted by Gasteiger charge is 2.09. The van der Waals surface area contributed by atoms with Crippen molar-refractivity contribution in [1.29, 1.82) is 0 Å². The molecule has 2 nitrogen and oxygen atoms in total.